The fourth-order valence-electron chi connectivity index (χ4n) is 2.66. The number of rotatable bonds is 4. The molecule has 1 aromatic carbocycles. The number of aromatic nitrogens is 4. The molecule has 2 N–H and O–H groups in total. The van der Waals surface area contributed by atoms with Crippen LogP contribution in [-0.4, -0.2) is 27.3 Å². The van der Waals surface area contributed by atoms with Gasteiger partial charge < -0.3 is 10.5 Å². The van der Waals surface area contributed by atoms with Gasteiger partial charge in [0.15, 0.2) is 5.82 Å². The Morgan fingerprint density at radius 3 is 2.85 bits per heavy atom. The van der Waals surface area contributed by atoms with Crippen LogP contribution < -0.4 is 10.5 Å². The standard InChI is InChI=1S/C14H19N5O/c1-14(6-3-7-14)9-19-13(16-17-18-19)11-8-10(20-2)4-5-12(11)15/h4-5,8H,3,6-7,9,15H2,1-2H3. The third kappa shape index (κ3) is 2.21. The van der Waals surface area contributed by atoms with Crippen molar-refractivity contribution >= 4 is 5.69 Å². The van der Waals surface area contributed by atoms with E-state index in [2.05, 4.69) is 22.4 Å². The number of nitrogens with two attached hydrogens (primary N) is 1. The molecule has 0 bridgehead atoms. The Labute approximate surface area is 117 Å². The van der Waals surface area contributed by atoms with E-state index in [1.807, 2.05) is 22.9 Å². The number of tetrazole rings is 1. The van der Waals surface area contributed by atoms with Crippen molar-refractivity contribution in [3.8, 4) is 17.1 Å². The summed E-state index contributed by atoms with van der Waals surface area (Å²) in [4.78, 5) is 0. The molecule has 1 aliphatic carbocycles. The summed E-state index contributed by atoms with van der Waals surface area (Å²) in [5.41, 5.74) is 7.82. The number of nitrogen functional groups attached to an aromatic ring is 1. The van der Waals surface area contributed by atoms with Crippen LogP contribution in [0.5, 0.6) is 5.75 Å². The van der Waals surface area contributed by atoms with Gasteiger partial charge in [-0.05, 0) is 46.9 Å². The molecule has 0 amide bonds. The fourth-order valence-corrected chi connectivity index (χ4v) is 2.66. The number of methoxy groups -OCH3 is 1. The first-order chi connectivity index (χ1) is 9.61. The zero-order valence-corrected chi connectivity index (χ0v) is 11.8. The normalized spacial score (nSPS) is 16.7. The van der Waals surface area contributed by atoms with Gasteiger partial charge in [-0.1, -0.05) is 13.3 Å². The lowest BCUT2D eigenvalue weighted by atomic mass is 9.70. The van der Waals surface area contributed by atoms with Crippen LogP contribution in [-0.2, 0) is 6.54 Å². The van der Waals surface area contributed by atoms with Gasteiger partial charge in [-0.2, -0.15) is 0 Å². The number of nitrogens with zero attached hydrogens (tertiary/aromatic N) is 4. The predicted octanol–water partition coefficient (Wildman–Crippen LogP) is 2.12. The third-order valence-electron chi connectivity index (χ3n) is 4.13. The van der Waals surface area contributed by atoms with Crippen molar-refractivity contribution in [1.29, 1.82) is 0 Å². The Bertz CT molecular complexity index is 618. The van der Waals surface area contributed by atoms with E-state index in [0.29, 0.717) is 16.9 Å². The number of ether oxygens (including phenoxy) is 1. The van der Waals surface area contributed by atoms with E-state index in [1.54, 1.807) is 7.11 Å². The summed E-state index contributed by atoms with van der Waals surface area (Å²) < 4.78 is 7.10. The Balaban J connectivity index is 1.96. The summed E-state index contributed by atoms with van der Waals surface area (Å²) >= 11 is 0. The van der Waals surface area contributed by atoms with Crippen LogP contribution in [0.25, 0.3) is 11.4 Å². The van der Waals surface area contributed by atoms with Crippen LogP contribution in [0, 0.1) is 5.41 Å². The maximum atomic E-state index is 6.05. The molecule has 0 saturated heterocycles. The Hall–Kier alpha value is -2.11. The fraction of sp³-hybridized carbons (Fsp3) is 0.500. The molecule has 0 unspecified atom stereocenters. The van der Waals surface area contributed by atoms with Crippen LogP contribution in [0.1, 0.15) is 26.2 Å². The number of benzene rings is 1. The van der Waals surface area contributed by atoms with Gasteiger partial charge in [-0.15, -0.1) is 5.10 Å². The third-order valence-corrected chi connectivity index (χ3v) is 4.13. The first-order valence-electron chi connectivity index (χ1n) is 6.81. The SMILES string of the molecule is COc1ccc(N)c(-c2nnnn2CC2(C)CCC2)c1. The van der Waals surface area contributed by atoms with Gasteiger partial charge in [0.1, 0.15) is 5.75 Å². The van der Waals surface area contributed by atoms with Crippen LogP contribution >= 0.6 is 0 Å². The molecule has 0 radical (unpaired) electrons. The van der Waals surface area contributed by atoms with Crippen LogP contribution in [0.2, 0.25) is 0 Å². The summed E-state index contributed by atoms with van der Waals surface area (Å²) in [6, 6.07) is 5.53. The molecule has 1 aliphatic rings. The number of hydrogen-bond acceptors (Lipinski definition) is 5. The van der Waals surface area contributed by atoms with Crippen LogP contribution in [0.4, 0.5) is 5.69 Å². The average molecular weight is 273 g/mol. The highest BCUT2D eigenvalue weighted by Crippen LogP contribution is 2.42. The van der Waals surface area contributed by atoms with E-state index in [-0.39, 0.29) is 0 Å². The Morgan fingerprint density at radius 2 is 2.20 bits per heavy atom. The molecular weight excluding hydrogens is 254 g/mol. The molecule has 3 rings (SSSR count). The quantitative estimate of drug-likeness (QED) is 0.863. The molecule has 0 aliphatic heterocycles. The Kier molecular flexibility index (Phi) is 3.08. The van der Waals surface area contributed by atoms with E-state index in [0.717, 1.165) is 17.9 Å². The lowest BCUT2D eigenvalue weighted by Gasteiger charge is -2.38. The molecule has 20 heavy (non-hydrogen) atoms. The summed E-state index contributed by atoms with van der Waals surface area (Å²) in [7, 11) is 1.63. The summed E-state index contributed by atoms with van der Waals surface area (Å²) in [6.07, 6.45) is 3.73. The molecule has 6 heteroatoms. The molecule has 1 saturated carbocycles. The molecule has 106 valence electrons. The summed E-state index contributed by atoms with van der Waals surface area (Å²) in [6.45, 7) is 3.10. The number of anilines is 1. The maximum Gasteiger partial charge on any atom is 0.184 e. The van der Waals surface area contributed by atoms with E-state index >= 15 is 0 Å². The first kappa shape index (κ1) is 12.9. The first-order valence-corrected chi connectivity index (χ1v) is 6.81. The monoisotopic (exact) mass is 273 g/mol. The molecule has 1 fully saturated rings. The highest BCUT2D eigenvalue weighted by Gasteiger charge is 2.33. The Morgan fingerprint density at radius 1 is 1.40 bits per heavy atom. The molecule has 2 aromatic rings. The van der Waals surface area contributed by atoms with Gasteiger partial charge in [-0.3, -0.25) is 0 Å². The minimum absolute atomic E-state index is 0.303. The highest BCUT2D eigenvalue weighted by atomic mass is 16.5. The van der Waals surface area contributed by atoms with Gasteiger partial charge in [0.05, 0.1) is 13.7 Å². The van der Waals surface area contributed by atoms with Crippen LogP contribution in [0.3, 0.4) is 0 Å². The van der Waals surface area contributed by atoms with E-state index < -0.39 is 0 Å². The van der Waals surface area contributed by atoms with Gasteiger partial charge in [-0.25, -0.2) is 4.68 Å². The largest absolute Gasteiger partial charge is 0.497 e. The summed E-state index contributed by atoms with van der Waals surface area (Å²) in [5.74, 6) is 1.45. The van der Waals surface area contributed by atoms with Crippen molar-refractivity contribution in [2.24, 2.45) is 5.41 Å². The number of hydrogen-bond donors (Lipinski definition) is 1. The van der Waals surface area contributed by atoms with Gasteiger partial charge in [0, 0.05) is 11.3 Å². The van der Waals surface area contributed by atoms with E-state index in [9.17, 15) is 0 Å². The maximum absolute atomic E-state index is 6.05. The molecule has 1 heterocycles. The lowest BCUT2D eigenvalue weighted by molar-refractivity contribution is 0.126. The minimum Gasteiger partial charge on any atom is -0.497 e. The molecule has 1 aromatic heterocycles. The van der Waals surface area contributed by atoms with Crippen molar-refractivity contribution in [1.82, 2.24) is 20.2 Å². The van der Waals surface area contributed by atoms with E-state index in [4.69, 9.17) is 10.5 Å². The molecule has 0 spiro atoms. The second-order valence-corrected chi connectivity index (χ2v) is 5.78. The van der Waals surface area contributed by atoms with Crippen molar-refractivity contribution in [2.45, 2.75) is 32.7 Å². The highest BCUT2D eigenvalue weighted by molar-refractivity contribution is 5.73. The van der Waals surface area contributed by atoms with Gasteiger partial charge >= 0.3 is 0 Å². The van der Waals surface area contributed by atoms with Gasteiger partial charge in [0.2, 0.25) is 0 Å². The van der Waals surface area contributed by atoms with Crippen molar-refractivity contribution in [3.05, 3.63) is 18.2 Å². The molecule has 6 nitrogen and oxygen atoms in total. The second-order valence-electron chi connectivity index (χ2n) is 5.78. The second kappa shape index (κ2) is 4.77. The van der Waals surface area contributed by atoms with Crippen molar-refractivity contribution < 1.29 is 4.74 Å². The topological polar surface area (TPSA) is 78.8 Å². The zero-order chi connectivity index (χ0) is 14.2. The van der Waals surface area contributed by atoms with Crippen molar-refractivity contribution in [2.75, 3.05) is 12.8 Å². The minimum atomic E-state index is 0.303. The molecular formula is C14H19N5O. The zero-order valence-electron chi connectivity index (χ0n) is 11.8. The predicted molar refractivity (Wildman–Crippen MR) is 76.2 cm³/mol. The van der Waals surface area contributed by atoms with Gasteiger partial charge in [0.25, 0.3) is 0 Å². The van der Waals surface area contributed by atoms with Crippen LogP contribution in [0.15, 0.2) is 18.2 Å². The van der Waals surface area contributed by atoms with Crippen molar-refractivity contribution in [3.63, 3.8) is 0 Å². The van der Waals surface area contributed by atoms with E-state index in [1.165, 1.54) is 19.3 Å². The average Bonchev–Trinajstić information content (AvgIpc) is 2.85. The summed E-state index contributed by atoms with van der Waals surface area (Å²) in [5, 5.41) is 12.1. The lowest BCUT2D eigenvalue weighted by Crippen LogP contribution is -2.31. The molecule has 0 atom stereocenters. The smallest absolute Gasteiger partial charge is 0.184 e.